The molecule has 0 saturated carbocycles. The van der Waals surface area contributed by atoms with Gasteiger partial charge in [-0.3, -0.25) is 4.79 Å². The van der Waals surface area contributed by atoms with Crippen LogP contribution >= 0.6 is 0 Å². The highest BCUT2D eigenvalue weighted by Gasteiger charge is 2.23. The number of piperidine rings is 1. The maximum absolute atomic E-state index is 11.8. The van der Waals surface area contributed by atoms with Crippen LogP contribution in [0.4, 0.5) is 5.82 Å². The smallest absolute Gasteiger partial charge is 0.222 e. The van der Waals surface area contributed by atoms with Gasteiger partial charge < -0.3 is 25.0 Å². The Morgan fingerprint density at radius 3 is 2.94 bits per heavy atom. The number of hydrogen-bond donors (Lipinski definition) is 2. The van der Waals surface area contributed by atoms with E-state index in [0.29, 0.717) is 18.2 Å². The number of aliphatic hydroxyl groups excluding tert-OH is 1. The summed E-state index contributed by atoms with van der Waals surface area (Å²) in [4.78, 5) is 21.1. The van der Waals surface area contributed by atoms with Gasteiger partial charge in [-0.15, -0.1) is 0 Å². The molecule has 31 heavy (non-hydrogen) atoms. The molecule has 1 atom stereocenters. The third-order valence-electron chi connectivity index (χ3n) is 6.43. The molecule has 1 unspecified atom stereocenters. The minimum absolute atomic E-state index is 0.223. The minimum atomic E-state index is 0.223. The summed E-state index contributed by atoms with van der Waals surface area (Å²) in [5, 5.41) is 14.3. The second-order valence-electron chi connectivity index (χ2n) is 8.68. The fourth-order valence-corrected chi connectivity index (χ4v) is 4.68. The van der Waals surface area contributed by atoms with Gasteiger partial charge >= 0.3 is 0 Å². The van der Waals surface area contributed by atoms with Crippen molar-refractivity contribution in [1.29, 1.82) is 0 Å². The predicted octanol–water partition coefficient (Wildman–Crippen LogP) is 2.55. The second-order valence-corrected chi connectivity index (χ2v) is 8.68. The van der Waals surface area contributed by atoms with Crippen LogP contribution in [0, 0.1) is 5.92 Å². The average Bonchev–Trinajstić information content (AvgIpc) is 3.22. The van der Waals surface area contributed by atoms with E-state index in [2.05, 4.69) is 22.3 Å². The number of carbonyl (C=O) groups is 1. The average molecular weight is 427 g/mol. The van der Waals surface area contributed by atoms with Crippen molar-refractivity contribution in [3.05, 3.63) is 29.8 Å². The van der Waals surface area contributed by atoms with Crippen molar-refractivity contribution in [2.24, 2.45) is 5.92 Å². The number of aromatic nitrogens is 1. The van der Waals surface area contributed by atoms with Gasteiger partial charge in [0.1, 0.15) is 11.6 Å². The Balaban J connectivity index is 1.47. The number of fused-ring (bicyclic) bond motifs is 1. The first kappa shape index (κ1) is 21.8. The summed E-state index contributed by atoms with van der Waals surface area (Å²) < 4.78 is 5.39. The first-order valence-corrected chi connectivity index (χ1v) is 11.5. The SMILES string of the molecule is COc1ccc2cc(CNCCCN3CCCC3=O)c(N3CCCC(CO)C3)nc2c1. The number of hydrogen-bond acceptors (Lipinski definition) is 6. The van der Waals surface area contributed by atoms with Crippen molar-refractivity contribution >= 4 is 22.6 Å². The van der Waals surface area contributed by atoms with Crippen molar-refractivity contribution in [2.45, 2.75) is 38.6 Å². The number of rotatable bonds is 9. The van der Waals surface area contributed by atoms with Gasteiger partial charge in [0.15, 0.2) is 0 Å². The maximum atomic E-state index is 11.8. The fourth-order valence-electron chi connectivity index (χ4n) is 4.68. The number of benzene rings is 1. The topological polar surface area (TPSA) is 77.9 Å². The molecule has 1 aromatic heterocycles. The molecule has 0 spiro atoms. The van der Waals surface area contributed by atoms with E-state index in [9.17, 15) is 9.90 Å². The quantitative estimate of drug-likeness (QED) is 0.600. The van der Waals surface area contributed by atoms with Crippen LogP contribution in [0.2, 0.25) is 0 Å². The Labute approximate surface area is 184 Å². The van der Waals surface area contributed by atoms with Crippen LogP contribution < -0.4 is 15.0 Å². The van der Waals surface area contributed by atoms with Crippen LogP contribution in [0.5, 0.6) is 5.75 Å². The second kappa shape index (κ2) is 10.3. The molecule has 2 saturated heterocycles. The van der Waals surface area contributed by atoms with Crippen molar-refractivity contribution in [3.63, 3.8) is 0 Å². The number of anilines is 1. The van der Waals surface area contributed by atoms with Gasteiger partial charge in [-0.1, -0.05) is 0 Å². The van der Waals surface area contributed by atoms with Gasteiger partial charge in [0.2, 0.25) is 5.91 Å². The Kier molecular flexibility index (Phi) is 7.25. The van der Waals surface area contributed by atoms with Crippen molar-refractivity contribution in [3.8, 4) is 5.75 Å². The molecule has 2 fully saturated rings. The lowest BCUT2D eigenvalue weighted by atomic mass is 9.98. The lowest BCUT2D eigenvalue weighted by Crippen LogP contribution is -2.38. The van der Waals surface area contributed by atoms with Crippen molar-refractivity contribution < 1.29 is 14.6 Å². The summed E-state index contributed by atoms with van der Waals surface area (Å²) >= 11 is 0. The third-order valence-corrected chi connectivity index (χ3v) is 6.43. The molecular formula is C24H34N4O3. The van der Waals surface area contributed by atoms with E-state index in [1.807, 2.05) is 17.0 Å². The van der Waals surface area contributed by atoms with E-state index < -0.39 is 0 Å². The lowest BCUT2D eigenvalue weighted by Gasteiger charge is -2.34. The van der Waals surface area contributed by atoms with Gasteiger partial charge in [-0.2, -0.15) is 0 Å². The van der Waals surface area contributed by atoms with Gasteiger partial charge in [-0.25, -0.2) is 4.98 Å². The van der Waals surface area contributed by atoms with Crippen molar-refractivity contribution in [1.82, 2.24) is 15.2 Å². The van der Waals surface area contributed by atoms with Gasteiger partial charge in [0, 0.05) is 62.8 Å². The molecule has 7 nitrogen and oxygen atoms in total. The number of amides is 1. The van der Waals surface area contributed by atoms with Gasteiger partial charge in [0.25, 0.3) is 0 Å². The zero-order chi connectivity index (χ0) is 21.6. The molecular weight excluding hydrogens is 392 g/mol. The van der Waals surface area contributed by atoms with E-state index in [-0.39, 0.29) is 6.61 Å². The Hall–Kier alpha value is -2.38. The standard InChI is InChI=1S/C24H34N4O3/c1-31-21-8-7-19-13-20(15-25-9-4-12-27-10-3-6-23(27)30)24(26-22(19)14-21)28-11-2-5-18(16-28)17-29/h7-8,13-14,18,25,29H,2-6,9-12,15-17H2,1H3. The van der Waals surface area contributed by atoms with Crippen LogP contribution in [0.25, 0.3) is 10.9 Å². The largest absolute Gasteiger partial charge is 0.497 e. The molecule has 2 aliphatic rings. The highest BCUT2D eigenvalue weighted by atomic mass is 16.5. The summed E-state index contributed by atoms with van der Waals surface area (Å²) in [6, 6.07) is 8.23. The minimum Gasteiger partial charge on any atom is -0.497 e. The molecule has 2 aromatic rings. The fraction of sp³-hybridized carbons (Fsp3) is 0.583. The number of nitrogens with zero attached hydrogens (tertiary/aromatic N) is 3. The first-order chi connectivity index (χ1) is 15.2. The molecule has 1 aromatic carbocycles. The van der Waals surface area contributed by atoms with Crippen LogP contribution in [-0.2, 0) is 11.3 Å². The zero-order valence-electron chi connectivity index (χ0n) is 18.5. The molecule has 0 radical (unpaired) electrons. The summed E-state index contributed by atoms with van der Waals surface area (Å²) in [6.07, 6.45) is 4.79. The Morgan fingerprint density at radius 2 is 2.16 bits per heavy atom. The molecule has 2 aliphatic heterocycles. The molecule has 7 heteroatoms. The number of aliphatic hydroxyl groups is 1. The van der Waals surface area contributed by atoms with E-state index in [1.165, 1.54) is 5.56 Å². The molecule has 4 rings (SSSR count). The molecule has 2 N–H and O–H groups in total. The number of ether oxygens (including phenoxy) is 1. The maximum Gasteiger partial charge on any atom is 0.222 e. The third kappa shape index (κ3) is 5.28. The normalized spacial score (nSPS) is 19.4. The molecule has 1 amide bonds. The number of carbonyl (C=O) groups excluding carboxylic acids is 1. The van der Waals surface area contributed by atoms with Gasteiger partial charge in [0.05, 0.1) is 12.6 Å². The van der Waals surface area contributed by atoms with Crippen LogP contribution in [0.15, 0.2) is 24.3 Å². The number of methoxy groups -OCH3 is 1. The van der Waals surface area contributed by atoms with E-state index in [0.717, 1.165) is 87.4 Å². The van der Waals surface area contributed by atoms with Crippen LogP contribution in [0.1, 0.15) is 37.7 Å². The monoisotopic (exact) mass is 426 g/mol. The highest BCUT2D eigenvalue weighted by molar-refractivity contribution is 5.83. The molecule has 168 valence electrons. The number of nitrogens with one attached hydrogen (secondary N) is 1. The first-order valence-electron chi connectivity index (χ1n) is 11.5. The Morgan fingerprint density at radius 1 is 1.26 bits per heavy atom. The summed E-state index contributed by atoms with van der Waals surface area (Å²) in [7, 11) is 1.67. The van der Waals surface area contributed by atoms with Gasteiger partial charge in [-0.05, 0) is 56.3 Å². The van der Waals surface area contributed by atoms with E-state index in [4.69, 9.17) is 9.72 Å². The molecule has 0 bridgehead atoms. The summed E-state index contributed by atoms with van der Waals surface area (Å²) in [5.41, 5.74) is 2.10. The predicted molar refractivity (Wildman–Crippen MR) is 122 cm³/mol. The Bertz CT molecular complexity index is 904. The lowest BCUT2D eigenvalue weighted by molar-refractivity contribution is -0.127. The molecule has 0 aliphatic carbocycles. The summed E-state index contributed by atoms with van der Waals surface area (Å²) in [6.45, 7) is 5.36. The highest BCUT2D eigenvalue weighted by Crippen LogP contribution is 2.29. The van der Waals surface area contributed by atoms with Crippen LogP contribution in [-0.4, -0.2) is 67.3 Å². The summed E-state index contributed by atoms with van der Waals surface area (Å²) in [5.74, 6) is 2.40. The number of pyridine rings is 1. The van der Waals surface area contributed by atoms with Crippen LogP contribution in [0.3, 0.4) is 0 Å². The number of likely N-dealkylation sites (tertiary alicyclic amines) is 1. The van der Waals surface area contributed by atoms with E-state index >= 15 is 0 Å². The zero-order valence-corrected chi connectivity index (χ0v) is 18.5. The van der Waals surface area contributed by atoms with Crippen molar-refractivity contribution in [2.75, 3.05) is 51.3 Å². The molecule has 3 heterocycles. The van der Waals surface area contributed by atoms with E-state index in [1.54, 1.807) is 7.11 Å².